The lowest BCUT2D eigenvalue weighted by atomic mass is 10.1. The predicted molar refractivity (Wildman–Crippen MR) is 83.2 cm³/mol. The Kier molecular flexibility index (Phi) is 4.91. The van der Waals surface area contributed by atoms with Gasteiger partial charge in [-0.1, -0.05) is 5.11 Å². The van der Waals surface area contributed by atoms with Gasteiger partial charge in [-0.15, -0.1) is 0 Å². The smallest absolute Gasteiger partial charge is 0.340 e. The molecule has 0 aliphatic carbocycles. The van der Waals surface area contributed by atoms with Gasteiger partial charge in [0, 0.05) is 34.6 Å². The Morgan fingerprint density at radius 3 is 2.86 bits per heavy atom. The zero-order chi connectivity index (χ0) is 16.1. The van der Waals surface area contributed by atoms with E-state index in [-0.39, 0.29) is 5.97 Å². The van der Waals surface area contributed by atoms with Crippen molar-refractivity contribution in [2.24, 2.45) is 5.11 Å². The van der Waals surface area contributed by atoms with Crippen LogP contribution in [0.15, 0.2) is 23.3 Å². The van der Waals surface area contributed by atoms with Gasteiger partial charge in [0.1, 0.15) is 5.75 Å². The summed E-state index contributed by atoms with van der Waals surface area (Å²) < 4.78 is 12.3. The minimum absolute atomic E-state index is 0.313. The first-order valence-electron chi connectivity index (χ1n) is 6.98. The van der Waals surface area contributed by atoms with E-state index in [1.54, 1.807) is 14.0 Å². The molecule has 0 unspecified atom stereocenters. The van der Waals surface area contributed by atoms with Gasteiger partial charge in [-0.05, 0) is 37.6 Å². The molecule has 0 saturated carbocycles. The molecule has 0 aliphatic rings. The maximum atomic E-state index is 12.3. The van der Waals surface area contributed by atoms with Crippen molar-refractivity contribution in [3.8, 4) is 5.75 Å². The van der Waals surface area contributed by atoms with Crippen LogP contribution in [-0.2, 0) is 11.3 Å². The summed E-state index contributed by atoms with van der Waals surface area (Å²) in [5.74, 6) is 0.311. The lowest BCUT2D eigenvalue weighted by molar-refractivity contribution is 0.0527. The number of benzene rings is 1. The average molecular weight is 302 g/mol. The number of hydrogen-bond acceptors (Lipinski definition) is 4. The van der Waals surface area contributed by atoms with Crippen LogP contribution >= 0.6 is 0 Å². The number of fused-ring (bicyclic) bond motifs is 1. The average Bonchev–Trinajstić information content (AvgIpc) is 2.79. The van der Waals surface area contributed by atoms with Gasteiger partial charge >= 0.3 is 5.97 Å². The Morgan fingerprint density at radius 1 is 1.45 bits per heavy atom. The van der Waals surface area contributed by atoms with Crippen molar-refractivity contribution in [1.82, 2.24) is 4.57 Å². The van der Waals surface area contributed by atoms with Gasteiger partial charge in [0.15, 0.2) is 0 Å². The zero-order valence-electron chi connectivity index (χ0n) is 12.9. The number of carbonyl (C=O) groups is 1. The number of methoxy groups -OCH3 is 1. The third-order valence-corrected chi connectivity index (χ3v) is 3.50. The van der Waals surface area contributed by atoms with Crippen LogP contribution in [0.2, 0.25) is 0 Å². The zero-order valence-corrected chi connectivity index (χ0v) is 12.9. The van der Waals surface area contributed by atoms with Gasteiger partial charge in [-0.3, -0.25) is 0 Å². The molecule has 0 atom stereocenters. The van der Waals surface area contributed by atoms with E-state index in [2.05, 4.69) is 10.0 Å². The van der Waals surface area contributed by atoms with Crippen molar-refractivity contribution < 1.29 is 14.3 Å². The van der Waals surface area contributed by atoms with Crippen LogP contribution in [0.5, 0.6) is 5.75 Å². The molecule has 1 aromatic carbocycles. The Bertz CT molecular complexity index is 745. The summed E-state index contributed by atoms with van der Waals surface area (Å²) >= 11 is 0. The third kappa shape index (κ3) is 2.84. The molecule has 2 rings (SSSR count). The number of azide groups is 1. The molecule has 0 N–H and O–H groups in total. The molecule has 0 amide bonds. The Hall–Kier alpha value is -2.66. The SMILES string of the molecule is CCOC(=O)c1c(C)n(CCN=[N+]=[N-])c2ccc(OC)cc12. The molecular formula is C15H18N4O3. The van der Waals surface area contributed by atoms with Crippen LogP contribution in [-0.4, -0.2) is 30.8 Å². The fourth-order valence-corrected chi connectivity index (χ4v) is 2.53. The largest absolute Gasteiger partial charge is 0.497 e. The molecule has 116 valence electrons. The molecule has 0 saturated heterocycles. The normalized spacial score (nSPS) is 10.3. The van der Waals surface area contributed by atoms with E-state index in [4.69, 9.17) is 15.0 Å². The Morgan fingerprint density at radius 2 is 2.23 bits per heavy atom. The highest BCUT2D eigenvalue weighted by Gasteiger charge is 2.21. The minimum Gasteiger partial charge on any atom is -0.497 e. The third-order valence-electron chi connectivity index (χ3n) is 3.50. The number of rotatable bonds is 6. The summed E-state index contributed by atoms with van der Waals surface area (Å²) in [5, 5.41) is 4.33. The highest BCUT2D eigenvalue weighted by Crippen LogP contribution is 2.30. The maximum Gasteiger partial charge on any atom is 0.340 e. The van der Waals surface area contributed by atoms with Crippen LogP contribution < -0.4 is 4.74 Å². The van der Waals surface area contributed by atoms with E-state index in [0.717, 1.165) is 16.6 Å². The second-order valence-corrected chi connectivity index (χ2v) is 4.67. The Labute approximate surface area is 128 Å². The van der Waals surface area contributed by atoms with Crippen molar-refractivity contribution in [3.63, 3.8) is 0 Å². The van der Waals surface area contributed by atoms with E-state index >= 15 is 0 Å². The van der Waals surface area contributed by atoms with Crippen molar-refractivity contribution in [2.75, 3.05) is 20.3 Å². The predicted octanol–water partition coefficient (Wildman–Crippen LogP) is 3.45. The molecule has 0 bridgehead atoms. The summed E-state index contributed by atoms with van der Waals surface area (Å²) in [6, 6.07) is 5.54. The van der Waals surface area contributed by atoms with Crippen LogP contribution in [0.25, 0.3) is 21.3 Å². The van der Waals surface area contributed by atoms with Gasteiger partial charge in [0.25, 0.3) is 0 Å². The van der Waals surface area contributed by atoms with E-state index in [0.29, 0.717) is 31.0 Å². The van der Waals surface area contributed by atoms with Crippen molar-refractivity contribution in [1.29, 1.82) is 0 Å². The molecule has 7 heteroatoms. The molecule has 1 heterocycles. The van der Waals surface area contributed by atoms with Gasteiger partial charge in [0.2, 0.25) is 0 Å². The topological polar surface area (TPSA) is 89.2 Å². The monoisotopic (exact) mass is 302 g/mol. The lowest BCUT2D eigenvalue weighted by Gasteiger charge is -2.06. The fraction of sp³-hybridized carbons (Fsp3) is 0.400. The first kappa shape index (κ1) is 15.7. The quantitative estimate of drug-likeness (QED) is 0.354. The lowest BCUT2D eigenvalue weighted by Crippen LogP contribution is -2.08. The molecule has 22 heavy (non-hydrogen) atoms. The second kappa shape index (κ2) is 6.87. The molecule has 2 aromatic rings. The number of carbonyl (C=O) groups excluding carboxylic acids is 1. The molecule has 0 spiro atoms. The highest BCUT2D eigenvalue weighted by molar-refractivity contribution is 6.06. The van der Waals surface area contributed by atoms with Crippen molar-refractivity contribution >= 4 is 16.9 Å². The van der Waals surface area contributed by atoms with Gasteiger partial charge in [-0.25, -0.2) is 4.79 Å². The number of aromatic nitrogens is 1. The first-order valence-corrected chi connectivity index (χ1v) is 6.98. The summed E-state index contributed by atoms with van der Waals surface area (Å²) in [7, 11) is 1.58. The van der Waals surface area contributed by atoms with Crippen LogP contribution in [0, 0.1) is 6.92 Å². The van der Waals surface area contributed by atoms with E-state index in [9.17, 15) is 4.79 Å². The highest BCUT2D eigenvalue weighted by atomic mass is 16.5. The molecule has 1 aromatic heterocycles. The molecule has 0 fully saturated rings. The van der Waals surface area contributed by atoms with Crippen molar-refractivity contribution in [2.45, 2.75) is 20.4 Å². The summed E-state index contributed by atoms with van der Waals surface area (Å²) in [6.07, 6.45) is 0. The minimum atomic E-state index is -0.360. The van der Waals surface area contributed by atoms with E-state index in [1.165, 1.54) is 0 Å². The van der Waals surface area contributed by atoms with Crippen LogP contribution in [0.1, 0.15) is 23.0 Å². The fourth-order valence-electron chi connectivity index (χ4n) is 2.53. The van der Waals surface area contributed by atoms with E-state index in [1.807, 2.05) is 29.7 Å². The Balaban J connectivity index is 2.61. The summed E-state index contributed by atoms with van der Waals surface area (Å²) in [5.41, 5.74) is 10.6. The summed E-state index contributed by atoms with van der Waals surface area (Å²) in [4.78, 5) is 15.0. The number of hydrogen-bond donors (Lipinski definition) is 0. The molecule has 0 aliphatic heterocycles. The van der Waals surface area contributed by atoms with Crippen LogP contribution in [0.4, 0.5) is 0 Å². The maximum absolute atomic E-state index is 12.3. The number of ether oxygens (including phenoxy) is 2. The van der Waals surface area contributed by atoms with E-state index < -0.39 is 0 Å². The molecule has 7 nitrogen and oxygen atoms in total. The van der Waals surface area contributed by atoms with Gasteiger partial charge in [-0.2, -0.15) is 0 Å². The first-order chi connectivity index (χ1) is 10.6. The van der Waals surface area contributed by atoms with Crippen LogP contribution in [0.3, 0.4) is 0 Å². The van der Waals surface area contributed by atoms with Crippen molar-refractivity contribution in [3.05, 3.63) is 39.9 Å². The second-order valence-electron chi connectivity index (χ2n) is 4.67. The summed E-state index contributed by atoms with van der Waals surface area (Å²) in [6.45, 7) is 4.75. The van der Waals surface area contributed by atoms with Gasteiger partial charge < -0.3 is 14.0 Å². The molecule has 0 radical (unpaired) electrons. The number of nitrogens with zero attached hydrogens (tertiary/aromatic N) is 4. The molecular weight excluding hydrogens is 284 g/mol. The number of esters is 1. The van der Waals surface area contributed by atoms with Gasteiger partial charge in [0.05, 0.1) is 19.3 Å². The standard InChI is InChI=1S/C15H18N4O3/c1-4-22-15(20)14-10(2)19(8-7-17-18-16)13-6-5-11(21-3)9-12(13)14/h5-6,9H,4,7-8H2,1-3H3.